The molecule has 2 aromatic carbocycles. The Morgan fingerprint density at radius 1 is 0.767 bits per heavy atom. The normalized spacial score (nSPS) is 30.6. The molecule has 7 heteroatoms. The summed E-state index contributed by atoms with van der Waals surface area (Å²) in [5.41, 5.74) is 5.21. The summed E-state index contributed by atoms with van der Waals surface area (Å²) >= 11 is 6.00. The molecular formula is C23H20Br2N2NiO2. The van der Waals surface area contributed by atoms with Gasteiger partial charge in [0.2, 0.25) is 0 Å². The van der Waals surface area contributed by atoms with Crippen LogP contribution in [0.4, 0.5) is 0 Å². The van der Waals surface area contributed by atoms with Crippen molar-refractivity contribution in [2.24, 2.45) is 15.4 Å². The van der Waals surface area contributed by atoms with Gasteiger partial charge in [-0.3, -0.25) is 0 Å². The molecule has 0 radical (unpaired) electrons. The largest absolute Gasteiger partial charge is 0.474 e. The van der Waals surface area contributed by atoms with Crippen LogP contribution in [0.15, 0.2) is 58.5 Å². The SMILES string of the molecule is [Br][Ni][Br].c1ccc2c(c1)C[C@@H]1OC(C3(C4=N[C@@H]5c6ccccc6C[C@@H]5O4)CC3)=N[C@H]21. The van der Waals surface area contributed by atoms with Crippen molar-refractivity contribution in [2.75, 3.05) is 0 Å². The van der Waals surface area contributed by atoms with Gasteiger partial charge < -0.3 is 9.47 Å². The fraction of sp³-hybridized carbons (Fsp3) is 0.391. The maximum absolute atomic E-state index is 6.39. The molecule has 30 heavy (non-hydrogen) atoms. The second-order valence-electron chi connectivity index (χ2n) is 8.50. The zero-order valence-electron chi connectivity index (χ0n) is 16.0. The summed E-state index contributed by atoms with van der Waals surface area (Å²) in [6.07, 6.45) is 4.28. The van der Waals surface area contributed by atoms with Gasteiger partial charge in [-0.2, -0.15) is 0 Å². The van der Waals surface area contributed by atoms with E-state index in [1.807, 2.05) is 0 Å². The van der Waals surface area contributed by atoms with Gasteiger partial charge in [0, 0.05) is 12.8 Å². The summed E-state index contributed by atoms with van der Waals surface area (Å²) in [4.78, 5) is 10.1. The van der Waals surface area contributed by atoms with Crippen LogP contribution in [0.5, 0.6) is 0 Å². The van der Waals surface area contributed by atoms with Crippen LogP contribution >= 0.6 is 28.5 Å². The summed E-state index contributed by atoms with van der Waals surface area (Å²) in [5, 5.41) is 0. The molecule has 4 nitrogen and oxygen atoms in total. The van der Waals surface area contributed by atoms with Crippen molar-refractivity contribution >= 4 is 40.2 Å². The molecular weight excluding hydrogens is 555 g/mol. The van der Waals surface area contributed by atoms with E-state index < -0.39 is 0 Å². The zero-order valence-corrected chi connectivity index (χ0v) is 20.2. The van der Waals surface area contributed by atoms with Crippen LogP contribution < -0.4 is 0 Å². The van der Waals surface area contributed by atoms with Gasteiger partial charge in [0.15, 0.2) is 11.8 Å². The number of hydrogen-bond acceptors (Lipinski definition) is 4. The van der Waals surface area contributed by atoms with Crippen LogP contribution in [0.25, 0.3) is 0 Å². The smallest absolute Gasteiger partial charge is 0.200 e. The molecule has 7 rings (SSSR count). The first kappa shape index (κ1) is 19.5. The Kier molecular flexibility index (Phi) is 4.85. The summed E-state index contributed by atoms with van der Waals surface area (Å²) in [5.74, 6) is 1.75. The van der Waals surface area contributed by atoms with Gasteiger partial charge in [0.05, 0.1) is 0 Å². The molecule has 0 aromatic heterocycles. The summed E-state index contributed by atoms with van der Waals surface area (Å²) in [6.45, 7) is 0. The van der Waals surface area contributed by atoms with E-state index in [0.717, 1.165) is 37.5 Å². The molecule has 0 amide bonds. The first-order valence-electron chi connectivity index (χ1n) is 10.2. The van der Waals surface area contributed by atoms with Crippen molar-refractivity contribution in [2.45, 2.75) is 50.0 Å². The molecule has 2 aliphatic heterocycles. The average molecular weight is 575 g/mol. The molecule has 2 aromatic rings. The van der Waals surface area contributed by atoms with Gasteiger partial charge in [0.1, 0.15) is 29.7 Å². The summed E-state index contributed by atoms with van der Waals surface area (Å²) < 4.78 is 12.8. The fourth-order valence-electron chi connectivity index (χ4n) is 5.31. The molecule has 5 aliphatic rings. The minimum Gasteiger partial charge on any atom is -0.474 e. The molecule has 158 valence electrons. The number of fused-ring (bicyclic) bond motifs is 6. The van der Waals surface area contributed by atoms with Crippen molar-refractivity contribution < 1.29 is 20.4 Å². The van der Waals surface area contributed by atoms with E-state index in [-0.39, 0.29) is 29.7 Å². The van der Waals surface area contributed by atoms with E-state index in [1.54, 1.807) is 0 Å². The Hall–Kier alpha value is -1.17. The van der Waals surface area contributed by atoms with E-state index in [2.05, 4.69) is 77.0 Å². The number of hydrogen-bond donors (Lipinski definition) is 0. The molecule has 1 saturated carbocycles. The third-order valence-electron chi connectivity index (χ3n) is 6.90. The Labute approximate surface area is 195 Å². The van der Waals surface area contributed by atoms with Crippen molar-refractivity contribution in [3.05, 3.63) is 70.8 Å². The maximum Gasteiger partial charge on any atom is 0.200 e. The summed E-state index contributed by atoms with van der Waals surface area (Å²) in [6, 6.07) is 17.5. The van der Waals surface area contributed by atoms with E-state index in [1.165, 1.54) is 33.2 Å². The molecule has 3 aliphatic carbocycles. The Bertz CT molecular complexity index is 989. The quantitative estimate of drug-likeness (QED) is 0.436. The third kappa shape index (κ3) is 2.96. The van der Waals surface area contributed by atoms with Crippen molar-refractivity contribution in [1.82, 2.24) is 0 Å². The van der Waals surface area contributed by atoms with Gasteiger partial charge in [-0.15, -0.1) is 0 Å². The molecule has 0 saturated heterocycles. The molecule has 0 spiro atoms. The second kappa shape index (κ2) is 7.46. The van der Waals surface area contributed by atoms with Crippen LogP contribution in [-0.4, -0.2) is 24.0 Å². The molecule has 0 N–H and O–H groups in total. The van der Waals surface area contributed by atoms with Crippen LogP contribution in [0.3, 0.4) is 0 Å². The molecule has 4 atom stereocenters. The molecule has 0 bridgehead atoms. The van der Waals surface area contributed by atoms with E-state index >= 15 is 0 Å². The fourth-order valence-corrected chi connectivity index (χ4v) is 5.31. The first-order chi connectivity index (χ1) is 14.7. The number of rotatable bonds is 2. The number of ether oxygens (including phenoxy) is 2. The van der Waals surface area contributed by atoms with Gasteiger partial charge >= 0.3 is 39.3 Å². The first-order valence-corrected chi connectivity index (χ1v) is 15.1. The topological polar surface area (TPSA) is 43.2 Å². The zero-order chi connectivity index (χ0) is 20.3. The number of benzene rings is 2. The van der Waals surface area contributed by atoms with Crippen LogP contribution in [0.1, 0.15) is 47.2 Å². The number of nitrogens with zero attached hydrogens (tertiary/aromatic N) is 2. The van der Waals surface area contributed by atoms with Crippen LogP contribution in [0.2, 0.25) is 0 Å². The Morgan fingerprint density at radius 3 is 1.63 bits per heavy atom. The van der Waals surface area contributed by atoms with E-state index in [9.17, 15) is 0 Å². The molecule has 1 fully saturated rings. The van der Waals surface area contributed by atoms with Crippen molar-refractivity contribution in [3.63, 3.8) is 0 Å². The number of aliphatic imine (C=N–C) groups is 2. The maximum atomic E-state index is 6.39. The van der Waals surface area contributed by atoms with Gasteiger partial charge in [0.25, 0.3) is 0 Å². The predicted molar refractivity (Wildman–Crippen MR) is 120 cm³/mol. The molecule has 0 unspecified atom stereocenters. The van der Waals surface area contributed by atoms with Gasteiger partial charge in [-0.1, -0.05) is 48.5 Å². The second-order valence-corrected chi connectivity index (χ2v) is 13.5. The average Bonchev–Trinajstić information content (AvgIpc) is 3.06. The van der Waals surface area contributed by atoms with Crippen molar-refractivity contribution in [3.8, 4) is 0 Å². The van der Waals surface area contributed by atoms with Crippen LogP contribution in [0, 0.1) is 5.41 Å². The predicted octanol–water partition coefficient (Wildman–Crippen LogP) is 5.64. The van der Waals surface area contributed by atoms with Crippen LogP contribution in [-0.2, 0) is 33.2 Å². The minimum absolute atomic E-state index is 0.149. The Balaban J connectivity index is 0.000000554. The minimum atomic E-state index is -0.196. The van der Waals surface area contributed by atoms with Crippen molar-refractivity contribution in [1.29, 1.82) is 0 Å². The van der Waals surface area contributed by atoms with Gasteiger partial charge in [-0.05, 0) is 35.1 Å². The molecule has 2 heterocycles. The standard InChI is InChI=1S/C23H20N2O2.2BrH.Ni/c1-3-7-15-13(5-1)11-17-19(15)24-21(26-17)23(9-10-23)22-25-20-16-8-4-2-6-14(16)12-18(20)27-22;;;/h1-8,17-20H,9-12H2;2*1H;/q;;;+2/p-2/t17-,18-,19+,20+;;;/m0.../s1. The number of halogens is 2. The van der Waals surface area contributed by atoms with E-state index in [0.29, 0.717) is 0 Å². The Morgan fingerprint density at radius 2 is 1.20 bits per heavy atom. The van der Waals surface area contributed by atoms with E-state index in [4.69, 9.17) is 19.5 Å². The third-order valence-corrected chi connectivity index (χ3v) is 6.90. The summed E-state index contributed by atoms with van der Waals surface area (Å²) in [7, 11) is 1.25. The monoisotopic (exact) mass is 572 g/mol. The van der Waals surface area contributed by atoms with Gasteiger partial charge in [-0.25, -0.2) is 9.98 Å².